The van der Waals surface area contributed by atoms with Gasteiger partial charge in [0.1, 0.15) is 12.7 Å². The van der Waals surface area contributed by atoms with Crippen molar-refractivity contribution < 1.29 is 4.79 Å². The molecule has 1 saturated heterocycles. The quantitative estimate of drug-likeness (QED) is 0.872. The monoisotopic (exact) mass is 285 g/mol. The molecule has 1 aromatic carbocycles. The topological polar surface area (TPSA) is 71.8 Å². The van der Waals surface area contributed by atoms with Gasteiger partial charge in [-0.05, 0) is 31.0 Å². The van der Waals surface area contributed by atoms with E-state index >= 15 is 0 Å². The minimum Gasteiger partial charge on any atom is -0.348 e. The first-order valence-corrected chi connectivity index (χ1v) is 7.25. The maximum Gasteiger partial charge on any atom is 0.251 e. The van der Waals surface area contributed by atoms with Gasteiger partial charge in [-0.1, -0.05) is 18.2 Å². The summed E-state index contributed by atoms with van der Waals surface area (Å²) >= 11 is 0. The maximum atomic E-state index is 12.5. The number of aromatic nitrogens is 3. The first-order chi connectivity index (χ1) is 10.3. The Morgan fingerprint density at radius 3 is 3.10 bits per heavy atom. The smallest absolute Gasteiger partial charge is 0.251 e. The zero-order valence-corrected chi connectivity index (χ0v) is 11.8. The van der Waals surface area contributed by atoms with Crippen LogP contribution < -0.4 is 10.6 Å². The predicted octanol–water partition coefficient (Wildman–Crippen LogP) is 0.808. The maximum absolute atomic E-state index is 12.5. The number of benzene rings is 1. The lowest BCUT2D eigenvalue weighted by Crippen LogP contribution is -2.45. The third-order valence-corrected chi connectivity index (χ3v) is 3.69. The molecule has 21 heavy (non-hydrogen) atoms. The van der Waals surface area contributed by atoms with Crippen LogP contribution in [-0.2, 0) is 6.54 Å². The van der Waals surface area contributed by atoms with Gasteiger partial charge >= 0.3 is 0 Å². The highest BCUT2D eigenvalue weighted by Crippen LogP contribution is 2.11. The highest BCUT2D eigenvalue weighted by Gasteiger charge is 2.18. The van der Waals surface area contributed by atoms with E-state index in [1.54, 1.807) is 11.0 Å². The molecule has 1 aliphatic heterocycles. The zero-order chi connectivity index (χ0) is 14.5. The van der Waals surface area contributed by atoms with Crippen LogP contribution in [-0.4, -0.2) is 39.8 Å². The first kappa shape index (κ1) is 13.8. The van der Waals surface area contributed by atoms with Gasteiger partial charge in [0, 0.05) is 18.2 Å². The molecule has 1 aromatic heterocycles. The van der Waals surface area contributed by atoms with Gasteiger partial charge in [-0.25, -0.2) is 9.67 Å². The molecule has 2 aromatic rings. The van der Waals surface area contributed by atoms with Gasteiger partial charge in [0.2, 0.25) is 0 Å². The Morgan fingerprint density at radius 1 is 1.43 bits per heavy atom. The normalized spacial score (nSPS) is 18.4. The Kier molecular flexibility index (Phi) is 4.25. The van der Waals surface area contributed by atoms with E-state index in [1.807, 2.05) is 24.3 Å². The van der Waals surface area contributed by atoms with Crippen LogP contribution >= 0.6 is 0 Å². The fraction of sp³-hybridized carbons (Fsp3) is 0.400. The number of amides is 1. The average molecular weight is 285 g/mol. The Balaban J connectivity index is 1.73. The third-order valence-electron chi connectivity index (χ3n) is 3.69. The van der Waals surface area contributed by atoms with E-state index in [0.29, 0.717) is 12.1 Å². The van der Waals surface area contributed by atoms with Gasteiger partial charge in [0.25, 0.3) is 5.91 Å². The van der Waals surface area contributed by atoms with E-state index in [-0.39, 0.29) is 11.9 Å². The molecule has 0 radical (unpaired) electrons. The van der Waals surface area contributed by atoms with Gasteiger partial charge in [-0.2, -0.15) is 5.10 Å². The summed E-state index contributed by atoms with van der Waals surface area (Å²) in [6.07, 6.45) is 5.28. The van der Waals surface area contributed by atoms with Crippen LogP contribution in [0.4, 0.5) is 0 Å². The highest BCUT2D eigenvalue weighted by atomic mass is 16.1. The summed E-state index contributed by atoms with van der Waals surface area (Å²) in [6, 6.07) is 7.85. The molecule has 0 aliphatic carbocycles. The van der Waals surface area contributed by atoms with E-state index in [9.17, 15) is 4.79 Å². The lowest BCUT2D eigenvalue weighted by atomic mass is 10.0. The molecule has 6 heteroatoms. The number of hydrogen-bond acceptors (Lipinski definition) is 4. The summed E-state index contributed by atoms with van der Waals surface area (Å²) in [5, 5.41) is 10.5. The molecule has 1 amide bonds. The van der Waals surface area contributed by atoms with Crippen molar-refractivity contribution >= 4 is 5.91 Å². The van der Waals surface area contributed by atoms with Crippen LogP contribution in [0.3, 0.4) is 0 Å². The average Bonchev–Trinajstić information content (AvgIpc) is 3.02. The second kappa shape index (κ2) is 6.49. The van der Waals surface area contributed by atoms with Crippen molar-refractivity contribution in [3.8, 4) is 0 Å². The van der Waals surface area contributed by atoms with Crippen LogP contribution in [0.15, 0.2) is 36.9 Å². The summed E-state index contributed by atoms with van der Waals surface area (Å²) in [4.78, 5) is 16.4. The second-order valence-electron chi connectivity index (χ2n) is 5.27. The minimum atomic E-state index is -0.0144. The number of piperidine rings is 1. The van der Waals surface area contributed by atoms with Crippen molar-refractivity contribution in [2.75, 3.05) is 13.1 Å². The molecule has 110 valence electrons. The van der Waals surface area contributed by atoms with Crippen molar-refractivity contribution in [2.45, 2.75) is 25.4 Å². The zero-order valence-electron chi connectivity index (χ0n) is 11.8. The molecule has 3 rings (SSSR count). The molecule has 2 N–H and O–H groups in total. The molecule has 1 atom stereocenters. The van der Waals surface area contributed by atoms with E-state index in [1.165, 1.54) is 6.33 Å². The summed E-state index contributed by atoms with van der Waals surface area (Å²) in [5.74, 6) is -0.0144. The van der Waals surface area contributed by atoms with Crippen molar-refractivity contribution in [3.63, 3.8) is 0 Å². The van der Waals surface area contributed by atoms with Crippen LogP contribution in [0, 0.1) is 0 Å². The molecule has 1 fully saturated rings. The van der Waals surface area contributed by atoms with Crippen molar-refractivity contribution in [1.82, 2.24) is 25.4 Å². The van der Waals surface area contributed by atoms with Crippen molar-refractivity contribution in [1.29, 1.82) is 0 Å². The van der Waals surface area contributed by atoms with E-state index in [0.717, 1.165) is 31.5 Å². The third kappa shape index (κ3) is 3.46. The van der Waals surface area contributed by atoms with Gasteiger partial charge in [-0.3, -0.25) is 4.79 Å². The molecule has 0 spiro atoms. The van der Waals surface area contributed by atoms with Gasteiger partial charge in [-0.15, -0.1) is 0 Å². The molecule has 0 saturated carbocycles. The van der Waals surface area contributed by atoms with E-state index in [4.69, 9.17) is 0 Å². The largest absolute Gasteiger partial charge is 0.348 e. The predicted molar refractivity (Wildman–Crippen MR) is 78.9 cm³/mol. The molecule has 2 heterocycles. The van der Waals surface area contributed by atoms with Gasteiger partial charge < -0.3 is 10.6 Å². The van der Waals surface area contributed by atoms with Crippen LogP contribution in [0.2, 0.25) is 0 Å². The lowest BCUT2D eigenvalue weighted by molar-refractivity contribution is 0.0929. The highest BCUT2D eigenvalue weighted by molar-refractivity contribution is 5.95. The summed E-state index contributed by atoms with van der Waals surface area (Å²) in [5.41, 5.74) is 1.66. The first-order valence-electron chi connectivity index (χ1n) is 7.25. The van der Waals surface area contributed by atoms with Crippen LogP contribution in [0.5, 0.6) is 0 Å². The summed E-state index contributed by atoms with van der Waals surface area (Å²) in [7, 11) is 0. The SMILES string of the molecule is O=C(N[C@H]1CCCNC1)c1ccccc1Cn1cncn1. The Labute approximate surface area is 123 Å². The number of carbonyl (C=O) groups excluding carboxylic acids is 1. The molecule has 6 nitrogen and oxygen atoms in total. The molecule has 1 aliphatic rings. The Hall–Kier alpha value is -2.21. The lowest BCUT2D eigenvalue weighted by Gasteiger charge is -2.24. The van der Waals surface area contributed by atoms with Gasteiger partial charge in [0.05, 0.1) is 6.54 Å². The fourth-order valence-corrected chi connectivity index (χ4v) is 2.61. The van der Waals surface area contributed by atoms with Crippen LogP contribution in [0.25, 0.3) is 0 Å². The number of carbonyl (C=O) groups is 1. The van der Waals surface area contributed by atoms with Gasteiger partial charge in [0.15, 0.2) is 0 Å². The van der Waals surface area contributed by atoms with E-state index < -0.39 is 0 Å². The standard InChI is InChI=1S/C15H19N5O/c21-15(19-13-5-3-7-16-8-13)14-6-2-1-4-12(14)9-20-11-17-10-18-20/h1-2,4,6,10-11,13,16H,3,5,7-9H2,(H,19,21)/t13-/m0/s1. The summed E-state index contributed by atoms with van der Waals surface area (Å²) in [6.45, 7) is 2.43. The number of nitrogens with zero attached hydrogens (tertiary/aromatic N) is 3. The minimum absolute atomic E-state index is 0.0144. The second-order valence-corrected chi connectivity index (χ2v) is 5.27. The number of rotatable bonds is 4. The summed E-state index contributed by atoms with van der Waals surface area (Å²) < 4.78 is 1.72. The number of hydrogen-bond donors (Lipinski definition) is 2. The van der Waals surface area contributed by atoms with Crippen molar-refractivity contribution in [3.05, 3.63) is 48.0 Å². The van der Waals surface area contributed by atoms with Crippen molar-refractivity contribution in [2.24, 2.45) is 0 Å². The molecule has 0 unspecified atom stereocenters. The van der Waals surface area contributed by atoms with Crippen LogP contribution in [0.1, 0.15) is 28.8 Å². The Bertz CT molecular complexity index is 590. The molecule has 0 bridgehead atoms. The molecular weight excluding hydrogens is 266 g/mol. The molecular formula is C15H19N5O. The fourth-order valence-electron chi connectivity index (χ4n) is 2.61. The van der Waals surface area contributed by atoms with E-state index in [2.05, 4.69) is 20.7 Å². The Morgan fingerprint density at radius 2 is 2.33 bits per heavy atom. The number of nitrogens with one attached hydrogen (secondary N) is 2.